The molecule has 3 aliphatic heterocycles. The molecule has 0 unspecified atom stereocenters. The molecule has 156 valence electrons. The van der Waals surface area contributed by atoms with Crippen LogP contribution in [0.5, 0.6) is 0 Å². The van der Waals surface area contributed by atoms with E-state index >= 15 is 0 Å². The Labute approximate surface area is 169 Å². The lowest BCUT2D eigenvalue weighted by Gasteiger charge is -2.34. The molecule has 0 radical (unpaired) electrons. The largest absolute Gasteiger partial charge is 0.480 e. The standard InChI is InChI=1S/C18H28N4O5S/c19-11(10-28)15(23)20-7-1-4-12(20)16(24)21-8-2-5-13(21)17(25)22-9-3-6-14(22)18(26)27/h11-14,28H,1-10,19H2,(H,26,27)/t11-,12-,13-,14-/m0/s1. The van der Waals surface area contributed by atoms with Crippen LogP contribution in [0.4, 0.5) is 0 Å². The van der Waals surface area contributed by atoms with E-state index in [1.807, 2.05) is 0 Å². The molecule has 3 N–H and O–H groups in total. The summed E-state index contributed by atoms with van der Waals surface area (Å²) in [5.41, 5.74) is 5.81. The fourth-order valence-electron chi connectivity index (χ4n) is 4.54. The van der Waals surface area contributed by atoms with Crippen molar-refractivity contribution in [3.8, 4) is 0 Å². The van der Waals surface area contributed by atoms with Gasteiger partial charge >= 0.3 is 5.97 Å². The van der Waals surface area contributed by atoms with Gasteiger partial charge in [-0.3, -0.25) is 14.4 Å². The van der Waals surface area contributed by atoms with Crippen LogP contribution in [0.15, 0.2) is 0 Å². The molecule has 3 amide bonds. The molecule has 0 aromatic rings. The summed E-state index contributed by atoms with van der Waals surface area (Å²) in [6.07, 6.45) is 3.54. The first-order valence-electron chi connectivity index (χ1n) is 9.87. The first-order chi connectivity index (χ1) is 13.4. The maximum absolute atomic E-state index is 13.2. The smallest absolute Gasteiger partial charge is 0.326 e. The number of hydrogen-bond donors (Lipinski definition) is 3. The zero-order valence-electron chi connectivity index (χ0n) is 15.8. The number of amides is 3. The fraction of sp³-hybridized carbons (Fsp3) is 0.778. The summed E-state index contributed by atoms with van der Waals surface area (Å²) in [4.78, 5) is 54.6. The van der Waals surface area contributed by atoms with Gasteiger partial charge in [0.15, 0.2) is 0 Å². The molecule has 28 heavy (non-hydrogen) atoms. The maximum Gasteiger partial charge on any atom is 0.326 e. The molecule has 0 aromatic heterocycles. The Morgan fingerprint density at radius 1 is 0.857 bits per heavy atom. The van der Waals surface area contributed by atoms with Crippen molar-refractivity contribution in [1.82, 2.24) is 14.7 Å². The monoisotopic (exact) mass is 412 g/mol. The average Bonchev–Trinajstić information content (AvgIpc) is 3.44. The lowest BCUT2D eigenvalue weighted by Crippen LogP contribution is -2.56. The number of thiol groups is 1. The van der Waals surface area contributed by atoms with Crippen LogP contribution in [0.25, 0.3) is 0 Å². The minimum Gasteiger partial charge on any atom is -0.480 e. The molecule has 10 heteroatoms. The second-order valence-corrected chi connectivity index (χ2v) is 8.06. The molecule has 0 bridgehead atoms. The summed E-state index contributed by atoms with van der Waals surface area (Å²) in [5.74, 6) is -1.63. The molecule has 3 fully saturated rings. The van der Waals surface area contributed by atoms with Crippen molar-refractivity contribution < 1.29 is 24.3 Å². The molecular weight excluding hydrogens is 384 g/mol. The van der Waals surface area contributed by atoms with Crippen LogP contribution in [0.2, 0.25) is 0 Å². The van der Waals surface area contributed by atoms with Gasteiger partial charge in [-0.15, -0.1) is 0 Å². The van der Waals surface area contributed by atoms with Crippen molar-refractivity contribution in [2.75, 3.05) is 25.4 Å². The van der Waals surface area contributed by atoms with Gasteiger partial charge in [0.2, 0.25) is 17.7 Å². The molecule has 9 nitrogen and oxygen atoms in total. The Kier molecular flexibility index (Phi) is 6.49. The molecule has 0 spiro atoms. The van der Waals surface area contributed by atoms with Crippen LogP contribution in [-0.4, -0.2) is 93.1 Å². The van der Waals surface area contributed by atoms with E-state index in [2.05, 4.69) is 12.6 Å². The number of carbonyl (C=O) groups is 4. The molecule has 3 saturated heterocycles. The van der Waals surface area contributed by atoms with Crippen LogP contribution in [0, 0.1) is 0 Å². The molecule has 3 heterocycles. The molecule has 0 saturated carbocycles. The van der Waals surface area contributed by atoms with Crippen LogP contribution < -0.4 is 5.73 Å². The molecule has 0 aromatic carbocycles. The number of likely N-dealkylation sites (tertiary alicyclic amines) is 3. The number of rotatable bonds is 5. The summed E-state index contributed by atoms with van der Waals surface area (Å²) >= 11 is 4.07. The summed E-state index contributed by atoms with van der Waals surface area (Å²) in [5, 5.41) is 9.36. The average molecular weight is 413 g/mol. The number of hydrogen-bond acceptors (Lipinski definition) is 6. The van der Waals surface area contributed by atoms with Gasteiger partial charge in [0.05, 0.1) is 6.04 Å². The van der Waals surface area contributed by atoms with E-state index < -0.39 is 30.1 Å². The molecule has 4 atom stereocenters. The Bertz CT molecular complexity index is 660. The first kappa shape index (κ1) is 20.9. The van der Waals surface area contributed by atoms with Gasteiger partial charge in [0, 0.05) is 25.4 Å². The topological polar surface area (TPSA) is 124 Å². The zero-order chi connectivity index (χ0) is 20.4. The van der Waals surface area contributed by atoms with E-state index in [1.54, 1.807) is 4.90 Å². The third-order valence-corrected chi connectivity index (χ3v) is 6.37. The molecular formula is C18H28N4O5S. The fourth-order valence-corrected chi connectivity index (χ4v) is 4.69. The number of nitrogens with zero attached hydrogens (tertiary/aromatic N) is 3. The van der Waals surface area contributed by atoms with Gasteiger partial charge in [0.25, 0.3) is 0 Å². The van der Waals surface area contributed by atoms with E-state index in [4.69, 9.17) is 5.73 Å². The Morgan fingerprint density at radius 3 is 1.79 bits per heavy atom. The molecule has 0 aliphatic carbocycles. The highest BCUT2D eigenvalue weighted by atomic mass is 32.1. The number of carboxylic acid groups (broad SMARTS) is 1. The second kappa shape index (κ2) is 8.69. The quantitative estimate of drug-likeness (QED) is 0.513. The van der Waals surface area contributed by atoms with Crippen molar-refractivity contribution in [1.29, 1.82) is 0 Å². The van der Waals surface area contributed by atoms with Gasteiger partial charge in [-0.05, 0) is 38.5 Å². The van der Waals surface area contributed by atoms with Gasteiger partial charge in [-0.1, -0.05) is 0 Å². The van der Waals surface area contributed by atoms with E-state index in [9.17, 15) is 24.3 Å². The van der Waals surface area contributed by atoms with Crippen molar-refractivity contribution in [2.24, 2.45) is 5.73 Å². The van der Waals surface area contributed by atoms with Crippen molar-refractivity contribution in [3.63, 3.8) is 0 Å². The lowest BCUT2D eigenvalue weighted by atomic mass is 10.1. The summed E-state index contributed by atoms with van der Waals surface area (Å²) < 4.78 is 0. The van der Waals surface area contributed by atoms with Gasteiger partial charge in [-0.2, -0.15) is 12.6 Å². The van der Waals surface area contributed by atoms with Crippen LogP contribution in [0.3, 0.4) is 0 Å². The van der Waals surface area contributed by atoms with Crippen LogP contribution in [-0.2, 0) is 19.2 Å². The van der Waals surface area contributed by atoms with E-state index in [0.717, 1.165) is 0 Å². The third kappa shape index (κ3) is 3.84. The summed E-state index contributed by atoms with van der Waals surface area (Å²) in [7, 11) is 0. The highest BCUT2D eigenvalue weighted by Crippen LogP contribution is 2.28. The Balaban J connectivity index is 1.73. The third-order valence-electron chi connectivity index (χ3n) is 5.98. The van der Waals surface area contributed by atoms with Crippen LogP contribution in [0.1, 0.15) is 38.5 Å². The number of carbonyl (C=O) groups excluding carboxylic acids is 3. The first-order valence-corrected chi connectivity index (χ1v) is 10.5. The predicted octanol–water partition coefficient (Wildman–Crippen LogP) is -0.699. The Hall–Kier alpha value is -1.81. The normalized spacial score (nSPS) is 28.6. The number of carboxylic acids is 1. The number of nitrogens with two attached hydrogens (primary N) is 1. The van der Waals surface area contributed by atoms with E-state index in [-0.39, 0.29) is 23.5 Å². The highest BCUT2D eigenvalue weighted by molar-refractivity contribution is 7.80. The Morgan fingerprint density at radius 2 is 1.29 bits per heavy atom. The summed E-state index contributed by atoms with van der Waals surface area (Å²) in [6, 6.07) is -2.83. The predicted molar refractivity (Wildman–Crippen MR) is 104 cm³/mol. The lowest BCUT2D eigenvalue weighted by molar-refractivity contribution is -0.153. The van der Waals surface area contributed by atoms with Gasteiger partial charge < -0.3 is 25.5 Å². The zero-order valence-corrected chi connectivity index (χ0v) is 16.7. The molecule has 3 aliphatic rings. The second-order valence-electron chi connectivity index (χ2n) is 7.70. The van der Waals surface area contributed by atoms with Gasteiger partial charge in [0.1, 0.15) is 18.1 Å². The minimum absolute atomic E-state index is 0.201. The SMILES string of the molecule is N[C@@H](CS)C(=O)N1CCC[C@H]1C(=O)N1CCC[C@H]1C(=O)N1CCC[C@H]1C(=O)O. The van der Waals surface area contributed by atoms with E-state index in [0.29, 0.717) is 58.2 Å². The number of aliphatic carboxylic acids is 1. The van der Waals surface area contributed by atoms with Gasteiger partial charge in [-0.25, -0.2) is 4.79 Å². The van der Waals surface area contributed by atoms with Crippen molar-refractivity contribution in [2.45, 2.75) is 62.7 Å². The maximum atomic E-state index is 13.2. The highest BCUT2D eigenvalue weighted by Gasteiger charge is 2.45. The van der Waals surface area contributed by atoms with Crippen molar-refractivity contribution in [3.05, 3.63) is 0 Å². The van der Waals surface area contributed by atoms with Crippen molar-refractivity contribution >= 4 is 36.3 Å². The van der Waals surface area contributed by atoms with E-state index in [1.165, 1.54) is 9.80 Å². The summed E-state index contributed by atoms with van der Waals surface area (Å²) in [6.45, 7) is 1.31. The van der Waals surface area contributed by atoms with Crippen LogP contribution >= 0.6 is 12.6 Å². The molecule has 3 rings (SSSR count). The minimum atomic E-state index is -1.00.